The van der Waals surface area contributed by atoms with Gasteiger partial charge in [-0.15, -0.1) is 0 Å². The van der Waals surface area contributed by atoms with E-state index < -0.39 is 11.9 Å². The Balaban J connectivity index is 1.61. The van der Waals surface area contributed by atoms with Gasteiger partial charge in [-0.2, -0.15) is 0 Å². The van der Waals surface area contributed by atoms with E-state index in [0.717, 1.165) is 5.56 Å². The molecule has 40 heavy (non-hydrogen) atoms. The average Bonchev–Trinajstić information content (AvgIpc) is 2.94. The molecule has 0 bridgehead atoms. The fourth-order valence-corrected chi connectivity index (χ4v) is 4.82. The van der Waals surface area contributed by atoms with Crippen LogP contribution < -0.4 is 24.4 Å². The van der Waals surface area contributed by atoms with E-state index in [-0.39, 0.29) is 23.3 Å². The first-order chi connectivity index (χ1) is 19.3. The van der Waals surface area contributed by atoms with Crippen molar-refractivity contribution in [1.29, 1.82) is 0 Å². The fraction of sp³-hybridized carbons (Fsp3) is 0.250. The molecule has 1 aromatic heterocycles. The number of carboxylic acid groups (broad SMARTS) is 1. The first kappa shape index (κ1) is 27.1. The third-order valence-corrected chi connectivity index (χ3v) is 7.01. The van der Waals surface area contributed by atoms with Crippen molar-refractivity contribution in [1.82, 2.24) is 14.9 Å². The van der Waals surface area contributed by atoms with E-state index in [1.165, 1.54) is 17.3 Å². The average molecular weight is 568 g/mol. The molecule has 10 nitrogen and oxygen atoms in total. The second kappa shape index (κ2) is 11.3. The molecule has 2 N–H and O–H groups in total. The Morgan fingerprint density at radius 1 is 1.07 bits per heavy atom. The van der Waals surface area contributed by atoms with Crippen molar-refractivity contribution in [2.24, 2.45) is 0 Å². The Morgan fingerprint density at radius 2 is 1.82 bits per heavy atom. The summed E-state index contributed by atoms with van der Waals surface area (Å²) in [5.74, 6) is 1.48. The standard InChI is InChI=1S/C28H27ClFN5O5/c1-38-23-8-7-16(9-25(23)40-3)12-35(22-6-4-5-19(29)26(22)30)27-18-10-21(33-17-13-34(14-17)28(36)37)24(39-2)11-20(18)31-15-32-27/h4-11,15,17,33H,12-14H2,1-3H3,(H,36,37). The lowest BCUT2D eigenvalue weighted by atomic mass is 10.1. The maximum absolute atomic E-state index is 15.5. The van der Waals surface area contributed by atoms with E-state index >= 15 is 4.39 Å². The summed E-state index contributed by atoms with van der Waals surface area (Å²) in [7, 11) is 4.65. The molecule has 5 rings (SSSR count). The number of likely N-dealkylation sites (tertiary alicyclic amines) is 1. The molecule has 1 aliphatic heterocycles. The summed E-state index contributed by atoms with van der Waals surface area (Å²) < 4.78 is 31.9. The molecule has 12 heteroatoms. The molecular formula is C28H27ClFN5O5. The highest BCUT2D eigenvalue weighted by Crippen LogP contribution is 2.39. The minimum Gasteiger partial charge on any atom is -0.495 e. The molecule has 0 radical (unpaired) electrons. The van der Waals surface area contributed by atoms with Crippen LogP contribution in [0.3, 0.4) is 0 Å². The second-order valence-electron chi connectivity index (χ2n) is 9.14. The van der Waals surface area contributed by atoms with Gasteiger partial charge >= 0.3 is 6.09 Å². The van der Waals surface area contributed by atoms with E-state index in [1.807, 2.05) is 18.2 Å². The molecule has 3 aromatic carbocycles. The highest BCUT2D eigenvalue weighted by atomic mass is 35.5. The van der Waals surface area contributed by atoms with Crippen molar-refractivity contribution in [3.63, 3.8) is 0 Å². The van der Waals surface area contributed by atoms with Crippen LogP contribution in [0.4, 0.5) is 26.4 Å². The van der Waals surface area contributed by atoms with Crippen LogP contribution in [0.2, 0.25) is 5.02 Å². The number of benzene rings is 3. The fourth-order valence-electron chi connectivity index (χ4n) is 4.65. The number of carbonyl (C=O) groups is 1. The number of nitrogens with one attached hydrogen (secondary N) is 1. The summed E-state index contributed by atoms with van der Waals surface area (Å²) in [4.78, 5) is 23.2. The minimum absolute atomic E-state index is 0.0230. The van der Waals surface area contributed by atoms with E-state index in [1.54, 1.807) is 50.5 Å². The number of rotatable bonds is 9. The number of anilines is 3. The molecule has 208 valence electrons. The monoisotopic (exact) mass is 567 g/mol. The van der Waals surface area contributed by atoms with E-state index in [9.17, 15) is 9.90 Å². The Kier molecular flexibility index (Phi) is 7.65. The molecule has 0 spiro atoms. The molecule has 1 aliphatic rings. The summed E-state index contributed by atoms with van der Waals surface area (Å²) in [5.41, 5.74) is 2.24. The summed E-state index contributed by atoms with van der Waals surface area (Å²) in [6.07, 6.45) is 0.443. The highest BCUT2D eigenvalue weighted by Gasteiger charge is 2.31. The van der Waals surface area contributed by atoms with Crippen LogP contribution in [-0.4, -0.2) is 66.5 Å². The number of aromatic nitrogens is 2. The van der Waals surface area contributed by atoms with Gasteiger partial charge in [0.2, 0.25) is 0 Å². The quantitative estimate of drug-likeness (QED) is 0.268. The molecule has 1 saturated heterocycles. The van der Waals surface area contributed by atoms with Crippen molar-refractivity contribution in [2.45, 2.75) is 12.6 Å². The maximum Gasteiger partial charge on any atom is 0.407 e. The lowest BCUT2D eigenvalue weighted by Gasteiger charge is -2.38. The maximum atomic E-state index is 15.5. The summed E-state index contributed by atoms with van der Waals surface area (Å²) in [6.45, 7) is 0.899. The lowest BCUT2D eigenvalue weighted by Crippen LogP contribution is -2.56. The summed E-state index contributed by atoms with van der Waals surface area (Å²) in [6, 6.07) is 13.8. The van der Waals surface area contributed by atoms with Gasteiger partial charge in [0.25, 0.3) is 0 Å². The molecule has 1 fully saturated rings. The molecule has 2 heterocycles. The van der Waals surface area contributed by atoms with Gasteiger partial charge in [0.05, 0.1) is 49.3 Å². The van der Waals surface area contributed by atoms with Crippen LogP contribution >= 0.6 is 11.6 Å². The number of amides is 1. The summed E-state index contributed by atoms with van der Waals surface area (Å²) in [5, 5.41) is 13.1. The van der Waals surface area contributed by atoms with Gasteiger partial charge in [0, 0.05) is 31.1 Å². The largest absolute Gasteiger partial charge is 0.495 e. The molecule has 4 aromatic rings. The number of nitrogens with zero attached hydrogens (tertiary/aromatic N) is 4. The highest BCUT2D eigenvalue weighted by molar-refractivity contribution is 6.31. The van der Waals surface area contributed by atoms with Gasteiger partial charge in [-0.25, -0.2) is 19.2 Å². The normalized spacial score (nSPS) is 13.1. The molecule has 1 amide bonds. The first-order valence-electron chi connectivity index (χ1n) is 12.3. The Morgan fingerprint density at radius 3 is 2.52 bits per heavy atom. The van der Waals surface area contributed by atoms with Crippen molar-refractivity contribution in [3.05, 3.63) is 71.3 Å². The molecule has 0 aliphatic carbocycles. The van der Waals surface area contributed by atoms with Gasteiger partial charge in [-0.05, 0) is 35.9 Å². The molecule has 0 unspecified atom stereocenters. The van der Waals surface area contributed by atoms with E-state index in [4.69, 9.17) is 25.8 Å². The number of hydrogen-bond acceptors (Lipinski definition) is 8. The number of halogens is 2. The zero-order valence-corrected chi connectivity index (χ0v) is 22.8. The predicted molar refractivity (Wildman–Crippen MR) is 150 cm³/mol. The van der Waals surface area contributed by atoms with Crippen LogP contribution in [0.25, 0.3) is 10.9 Å². The third kappa shape index (κ3) is 5.20. The van der Waals surface area contributed by atoms with Crippen LogP contribution in [0, 0.1) is 5.82 Å². The van der Waals surface area contributed by atoms with E-state index in [2.05, 4.69) is 15.3 Å². The van der Waals surface area contributed by atoms with Gasteiger partial charge in [0.15, 0.2) is 17.3 Å². The van der Waals surface area contributed by atoms with Gasteiger partial charge in [-0.3, -0.25) is 0 Å². The molecular weight excluding hydrogens is 541 g/mol. The van der Waals surface area contributed by atoms with E-state index in [0.29, 0.717) is 52.7 Å². The van der Waals surface area contributed by atoms with Crippen molar-refractivity contribution >= 4 is 45.8 Å². The molecule has 0 atom stereocenters. The van der Waals surface area contributed by atoms with Gasteiger partial charge in [-0.1, -0.05) is 23.7 Å². The van der Waals surface area contributed by atoms with Crippen LogP contribution in [-0.2, 0) is 6.54 Å². The zero-order chi connectivity index (χ0) is 28.4. The van der Waals surface area contributed by atoms with Crippen LogP contribution in [0.5, 0.6) is 17.2 Å². The number of ether oxygens (including phenoxy) is 3. The zero-order valence-electron chi connectivity index (χ0n) is 22.0. The van der Waals surface area contributed by atoms with Gasteiger partial charge < -0.3 is 34.4 Å². The lowest BCUT2D eigenvalue weighted by molar-refractivity contribution is 0.111. The first-order valence-corrected chi connectivity index (χ1v) is 12.7. The molecule has 0 saturated carbocycles. The van der Waals surface area contributed by atoms with Crippen molar-refractivity contribution < 1.29 is 28.5 Å². The number of fused-ring (bicyclic) bond motifs is 1. The smallest absolute Gasteiger partial charge is 0.407 e. The number of methoxy groups -OCH3 is 3. The van der Waals surface area contributed by atoms with Crippen LogP contribution in [0.1, 0.15) is 5.56 Å². The Labute approximate surface area is 234 Å². The van der Waals surface area contributed by atoms with Crippen molar-refractivity contribution in [2.75, 3.05) is 44.6 Å². The van der Waals surface area contributed by atoms with Crippen LogP contribution in [0.15, 0.2) is 54.9 Å². The second-order valence-corrected chi connectivity index (χ2v) is 9.55. The SMILES string of the molecule is COc1cc2ncnc(N(Cc3ccc(OC)c(OC)c3)c3cccc(Cl)c3F)c2cc1NC1CN(C(=O)O)C1. The van der Waals surface area contributed by atoms with Crippen molar-refractivity contribution in [3.8, 4) is 17.2 Å². The number of hydrogen-bond donors (Lipinski definition) is 2. The minimum atomic E-state index is -0.964. The Hall–Kier alpha value is -4.51. The van der Waals surface area contributed by atoms with Gasteiger partial charge in [0.1, 0.15) is 17.9 Å². The predicted octanol–water partition coefficient (Wildman–Crippen LogP) is 5.56. The third-order valence-electron chi connectivity index (χ3n) is 6.71. The topological polar surface area (TPSA) is 109 Å². The Bertz CT molecular complexity index is 1570. The summed E-state index contributed by atoms with van der Waals surface area (Å²) >= 11 is 6.19.